The van der Waals surface area contributed by atoms with Gasteiger partial charge in [0.2, 0.25) is 5.91 Å². The summed E-state index contributed by atoms with van der Waals surface area (Å²) in [7, 11) is 3.96. The third-order valence-corrected chi connectivity index (χ3v) is 4.21. The van der Waals surface area contributed by atoms with E-state index in [0.717, 1.165) is 28.3 Å². The van der Waals surface area contributed by atoms with Crippen LogP contribution in [0.15, 0.2) is 84.9 Å². The Bertz CT molecular complexity index is 915. The van der Waals surface area contributed by atoms with E-state index in [-0.39, 0.29) is 5.91 Å². The molecule has 3 aromatic carbocycles. The van der Waals surface area contributed by atoms with Crippen molar-refractivity contribution in [2.45, 2.75) is 6.61 Å². The maximum absolute atomic E-state index is 12.1. The van der Waals surface area contributed by atoms with Crippen molar-refractivity contribution < 1.29 is 9.53 Å². The summed E-state index contributed by atoms with van der Waals surface area (Å²) < 4.78 is 5.77. The number of rotatable bonds is 7. The molecule has 0 radical (unpaired) electrons. The van der Waals surface area contributed by atoms with E-state index in [1.165, 1.54) is 6.08 Å². The highest BCUT2D eigenvalue weighted by molar-refractivity contribution is 6.02. The summed E-state index contributed by atoms with van der Waals surface area (Å²) >= 11 is 0. The maximum Gasteiger partial charge on any atom is 0.248 e. The van der Waals surface area contributed by atoms with Crippen molar-refractivity contribution in [2.24, 2.45) is 0 Å². The van der Waals surface area contributed by atoms with Crippen molar-refractivity contribution in [2.75, 3.05) is 24.3 Å². The van der Waals surface area contributed by atoms with Gasteiger partial charge in [0.15, 0.2) is 0 Å². The largest absolute Gasteiger partial charge is 0.489 e. The molecule has 0 aromatic heterocycles. The van der Waals surface area contributed by atoms with Gasteiger partial charge in [0.05, 0.1) is 0 Å². The van der Waals surface area contributed by atoms with Crippen LogP contribution in [0.5, 0.6) is 5.75 Å². The molecule has 0 aliphatic rings. The molecule has 1 amide bonds. The molecule has 4 heteroatoms. The second-order valence-electron chi connectivity index (χ2n) is 6.61. The Kier molecular flexibility index (Phi) is 6.47. The zero-order chi connectivity index (χ0) is 19.8. The number of ether oxygens (including phenoxy) is 1. The summed E-state index contributed by atoms with van der Waals surface area (Å²) in [5.74, 6) is 0.633. The van der Waals surface area contributed by atoms with E-state index in [2.05, 4.69) is 5.32 Å². The van der Waals surface area contributed by atoms with E-state index in [1.807, 2.05) is 97.9 Å². The topological polar surface area (TPSA) is 41.6 Å². The van der Waals surface area contributed by atoms with Crippen LogP contribution < -0.4 is 15.0 Å². The minimum absolute atomic E-state index is 0.165. The predicted molar refractivity (Wildman–Crippen MR) is 116 cm³/mol. The lowest BCUT2D eigenvalue weighted by molar-refractivity contribution is -0.111. The van der Waals surface area contributed by atoms with E-state index in [4.69, 9.17) is 4.74 Å². The van der Waals surface area contributed by atoms with E-state index >= 15 is 0 Å². The van der Waals surface area contributed by atoms with E-state index in [1.54, 1.807) is 6.08 Å². The van der Waals surface area contributed by atoms with Crippen molar-refractivity contribution in [3.63, 3.8) is 0 Å². The molecular weight excluding hydrogens is 348 g/mol. The highest BCUT2D eigenvalue weighted by Gasteiger charge is 2.00. The van der Waals surface area contributed by atoms with Crippen LogP contribution in [-0.4, -0.2) is 20.0 Å². The van der Waals surface area contributed by atoms with Gasteiger partial charge in [-0.3, -0.25) is 4.79 Å². The smallest absolute Gasteiger partial charge is 0.248 e. The Hall–Kier alpha value is -3.53. The average molecular weight is 372 g/mol. The van der Waals surface area contributed by atoms with Gasteiger partial charge in [0.25, 0.3) is 0 Å². The first-order valence-electron chi connectivity index (χ1n) is 9.13. The van der Waals surface area contributed by atoms with Crippen LogP contribution in [0.4, 0.5) is 11.4 Å². The number of anilines is 2. The molecule has 3 aromatic rings. The zero-order valence-electron chi connectivity index (χ0n) is 16.1. The first-order valence-corrected chi connectivity index (χ1v) is 9.13. The quantitative estimate of drug-likeness (QED) is 0.595. The van der Waals surface area contributed by atoms with Crippen LogP contribution in [0.3, 0.4) is 0 Å². The average Bonchev–Trinajstić information content (AvgIpc) is 2.72. The maximum atomic E-state index is 12.1. The number of benzene rings is 3. The number of carbonyl (C=O) groups excluding carboxylic acids is 1. The number of nitrogens with one attached hydrogen (secondary N) is 1. The molecule has 1 N–H and O–H groups in total. The Balaban J connectivity index is 1.51. The third kappa shape index (κ3) is 5.74. The van der Waals surface area contributed by atoms with Crippen molar-refractivity contribution in [3.05, 3.63) is 96.1 Å². The van der Waals surface area contributed by atoms with Gasteiger partial charge < -0.3 is 15.0 Å². The fourth-order valence-corrected chi connectivity index (χ4v) is 2.61. The molecule has 3 rings (SSSR count). The molecule has 0 saturated heterocycles. The van der Waals surface area contributed by atoms with Crippen LogP contribution >= 0.6 is 0 Å². The van der Waals surface area contributed by atoms with Gasteiger partial charge in [-0.25, -0.2) is 0 Å². The lowest BCUT2D eigenvalue weighted by Gasteiger charge is -2.12. The fourth-order valence-electron chi connectivity index (χ4n) is 2.61. The summed E-state index contributed by atoms with van der Waals surface area (Å²) in [5.41, 5.74) is 3.92. The molecule has 0 heterocycles. The Morgan fingerprint density at radius 3 is 2.25 bits per heavy atom. The Morgan fingerprint density at radius 2 is 1.61 bits per heavy atom. The molecular formula is C24H24N2O2. The summed E-state index contributed by atoms with van der Waals surface area (Å²) in [6, 6.07) is 25.4. The van der Waals surface area contributed by atoms with Crippen LogP contribution in [0, 0.1) is 0 Å². The molecule has 0 spiro atoms. The van der Waals surface area contributed by atoms with Crippen LogP contribution in [0.2, 0.25) is 0 Å². The van der Waals surface area contributed by atoms with Crippen molar-refractivity contribution >= 4 is 23.4 Å². The van der Waals surface area contributed by atoms with Gasteiger partial charge in [-0.1, -0.05) is 42.5 Å². The van der Waals surface area contributed by atoms with Gasteiger partial charge >= 0.3 is 0 Å². The monoisotopic (exact) mass is 372 g/mol. The third-order valence-electron chi connectivity index (χ3n) is 4.21. The SMILES string of the molecule is CN(C)c1ccc(NC(=O)/C=C/c2ccc(OCc3ccccc3)cc2)cc1. The Morgan fingerprint density at radius 1 is 0.929 bits per heavy atom. The number of amides is 1. The van der Waals surface area contributed by atoms with Gasteiger partial charge in [-0.05, 0) is 53.6 Å². The second-order valence-corrected chi connectivity index (χ2v) is 6.61. The van der Waals surface area contributed by atoms with Gasteiger partial charge in [-0.2, -0.15) is 0 Å². The van der Waals surface area contributed by atoms with Crippen LogP contribution in [0.1, 0.15) is 11.1 Å². The minimum atomic E-state index is -0.165. The molecule has 142 valence electrons. The van der Waals surface area contributed by atoms with Crippen LogP contribution in [-0.2, 0) is 11.4 Å². The number of hydrogen-bond donors (Lipinski definition) is 1. The highest BCUT2D eigenvalue weighted by Crippen LogP contribution is 2.17. The van der Waals surface area contributed by atoms with Crippen molar-refractivity contribution in [1.82, 2.24) is 0 Å². The van der Waals surface area contributed by atoms with Crippen LogP contribution in [0.25, 0.3) is 6.08 Å². The van der Waals surface area contributed by atoms with E-state index in [0.29, 0.717) is 6.61 Å². The summed E-state index contributed by atoms with van der Waals surface area (Å²) in [4.78, 5) is 14.1. The molecule has 28 heavy (non-hydrogen) atoms. The normalized spacial score (nSPS) is 10.6. The summed E-state index contributed by atoms with van der Waals surface area (Å²) in [6.45, 7) is 0.533. The molecule has 0 aliphatic heterocycles. The first kappa shape index (κ1) is 19.2. The molecule has 0 saturated carbocycles. The van der Waals surface area contributed by atoms with Gasteiger partial charge in [0, 0.05) is 31.5 Å². The molecule has 0 aliphatic carbocycles. The molecule has 0 unspecified atom stereocenters. The molecule has 0 bridgehead atoms. The van der Waals surface area contributed by atoms with E-state index < -0.39 is 0 Å². The summed E-state index contributed by atoms with van der Waals surface area (Å²) in [6.07, 6.45) is 3.31. The van der Waals surface area contributed by atoms with Crippen molar-refractivity contribution in [1.29, 1.82) is 0 Å². The Labute approximate surface area is 166 Å². The van der Waals surface area contributed by atoms with E-state index in [9.17, 15) is 4.79 Å². The molecule has 0 fully saturated rings. The summed E-state index contributed by atoms with van der Waals surface area (Å²) in [5, 5.41) is 2.86. The van der Waals surface area contributed by atoms with Crippen molar-refractivity contribution in [3.8, 4) is 5.75 Å². The number of nitrogens with zero attached hydrogens (tertiary/aromatic N) is 1. The lowest BCUT2D eigenvalue weighted by atomic mass is 10.2. The predicted octanol–water partition coefficient (Wildman–Crippen LogP) is 4.98. The lowest BCUT2D eigenvalue weighted by Crippen LogP contribution is -2.10. The minimum Gasteiger partial charge on any atom is -0.489 e. The highest BCUT2D eigenvalue weighted by atomic mass is 16.5. The number of carbonyl (C=O) groups is 1. The zero-order valence-corrected chi connectivity index (χ0v) is 16.1. The number of hydrogen-bond acceptors (Lipinski definition) is 3. The fraction of sp³-hybridized carbons (Fsp3) is 0.125. The van der Waals surface area contributed by atoms with Gasteiger partial charge in [-0.15, -0.1) is 0 Å². The molecule has 4 nitrogen and oxygen atoms in total. The first-order chi connectivity index (χ1) is 13.6. The second kappa shape index (κ2) is 9.42. The molecule has 0 atom stereocenters. The van der Waals surface area contributed by atoms with Gasteiger partial charge in [0.1, 0.15) is 12.4 Å². The standard InChI is InChI=1S/C24H24N2O2/c1-26(2)22-13-11-21(12-14-22)25-24(27)17-10-19-8-15-23(16-9-19)28-18-20-6-4-3-5-7-20/h3-17H,18H2,1-2H3,(H,25,27)/b17-10+.